The average Bonchev–Trinajstić information content (AvgIpc) is 2.65. The lowest BCUT2D eigenvalue weighted by Crippen LogP contribution is -2.28. The number of nitrogens with zero attached hydrogens (tertiary/aromatic N) is 4. The Morgan fingerprint density at radius 1 is 1.42 bits per heavy atom. The Labute approximate surface area is 111 Å². The van der Waals surface area contributed by atoms with Gasteiger partial charge in [0.25, 0.3) is 0 Å². The van der Waals surface area contributed by atoms with E-state index in [1.165, 1.54) is 10.7 Å². The number of benzene rings is 1. The van der Waals surface area contributed by atoms with Gasteiger partial charge in [0.1, 0.15) is 12.9 Å². The lowest BCUT2D eigenvalue weighted by Gasteiger charge is -1.98. The monoisotopic (exact) mass is 277 g/mol. The first kappa shape index (κ1) is 11.7. The molecule has 1 amide bonds. The number of primary amides is 1. The minimum absolute atomic E-state index is 0.268. The molecule has 0 aliphatic rings. The number of nitrogens with two attached hydrogens (primary N) is 1. The van der Waals surface area contributed by atoms with E-state index in [1.54, 1.807) is 18.2 Å². The van der Waals surface area contributed by atoms with Crippen LogP contribution in [-0.2, 0) is 11.3 Å². The van der Waals surface area contributed by atoms with Crippen LogP contribution in [0.1, 0.15) is 0 Å². The van der Waals surface area contributed by atoms with E-state index >= 15 is 0 Å². The Morgan fingerprint density at radius 2 is 2.21 bits per heavy atom. The molecule has 0 unspecified atom stereocenters. The molecule has 1 aromatic carbocycles. The molecular weight excluding hydrogens is 270 g/mol. The fraction of sp³-hybridized carbons (Fsp3) is 0.0909. The van der Waals surface area contributed by atoms with E-state index in [0.29, 0.717) is 21.6 Å². The molecule has 0 atom stereocenters. The molecule has 2 N–H and O–H groups in total. The molecule has 7 nitrogen and oxygen atoms in total. The van der Waals surface area contributed by atoms with Crippen LogP contribution >= 0.6 is 11.6 Å². The standard InChI is InChI=1S/C11H8ClN5O2/c12-6-1-2-7-8(3-6)14-5-16-10(7)15-17(11(16)19)4-9(13)18/h1-3,5H,4H2,(H2,13,18). The van der Waals surface area contributed by atoms with Crippen LogP contribution in [0.5, 0.6) is 0 Å². The molecule has 2 aromatic heterocycles. The van der Waals surface area contributed by atoms with Gasteiger partial charge in [0.05, 0.1) is 5.52 Å². The summed E-state index contributed by atoms with van der Waals surface area (Å²) in [6, 6.07) is 5.08. The van der Waals surface area contributed by atoms with Crippen molar-refractivity contribution >= 4 is 34.1 Å². The lowest BCUT2D eigenvalue weighted by atomic mass is 10.2. The largest absolute Gasteiger partial charge is 0.368 e. The third-order valence-electron chi connectivity index (χ3n) is 2.69. The topological polar surface area (TPSA) is 95.3 Å². The van der Waals surface area contributed by atoms with Crippen LogP contribution in [0.15, 0.2) is 29.3 Å². The van der Waals surface area contributed by atoms with Crippen LogP contribution in [0.2, 0.25) is 5.02 Å². The number of carbonyl (C=O) groups is 1. The minimum Gasteiger partial charge on any atom is -0.368 e. The van der Waals surface area contributed by atoms with Gasteiger partial charge in [-0.05, 0) is 18.2 Å². The highest BCUT2D eigenvalue weighted by Crippen LogP contribution is 2.19. The van der Waals surface area contributed by atoms with E-state index in [-0.39, 0.29) is 6.54 Å². The first-order valence-electron chi connectivity index (χ1n) is 5.38. The van der Waals surface area contributed by atoms with E-state index in [2.05, 4.69) is 10.1 Å². The second-order valence-corrected chi connectivity index (χ2v) is 4.44. The van der Waals surface area contributed by atoms with Crippen LogP contribution in [0.3, 0.4) is 0 Å². The average molecular weight is 278 g/mol. The Hall–Kier alpha value is -2.41. The summed E-state index contributed by atoms with van der Waals surface area (Å²) in [6.45, 7) is -0.268. The molecule has 0 bridgehead atoms. The van der Waals surface area contributed by atoms with E-state index in [0.717, 1.165) is 4.68 Å². The van der Waals surface area contributed by atoms with E-state index < -0.39 is 11.6 Å². The fourth-order valence-corrected chi connectivity index (χ4v) is 2.05. The molecule has 0 fully saturated rings. The minimum atomic E-state index is -0.634. The second-order valence-electron chi connectivity index (χ2n) is 4.01. The molecule has 19 heavy (non-hydrogen) atoms. The van der Waals surface area contributed by atoms with Crippen molar-refractivity contribution in [3.63, 3.8) is 0 Å². The summed E-state index contributed by atoms with van der Waals surface area (Å²) in [6.07, 6.45) is 1.35. The number of rotatable bonds is 2. The molecule has 2 heterocycles. The summed E-state index contributed by atoms with van der Waals surface area (Å²) in [5.41, 5.74) is 5.64. The van der Waals surface area contributed by atoms with E-state index in [9.17, 15) is 9.59 Å². The number of amides is 1. The van der Waals surface area contributed by atoms with Gasteiger partial charge in [-0.15, -0.1) is 5.10 Å². The molecule has 0 spiro atoms. The maximum absolute atomic E-state index is 12.0. The number of hydrogen-bond donors (Lipinski definition) is 1. The quantitative estimate of drug-likeness (QED) is 0.723. The second kappa shape index (κ2) is 4.06. The zero-order valence-corrected chi connectivity index (χ0v) is 10.3. The zero-order chi connectivity index (χ0) is 13.6. The predicted molar refractivity (Wildman–Crippen MR) is 69.0 cm³/mol. The van der Waals surface area contributed by atoms with Crippen LogP contribution in [0, 0.1) is 0 Å². The number of carbonyl (C=O) groups excluding carboxylic acids is 1. The Kier molecular flexibility index (Phi) is 2.49. The number of halogens is 1. The Bertz CT molecular complexity index is 867. The normalized spacial score (nSPS) is 11.2. The lowest BCUT2D eigenvalue weighted by molar-refractivity contribution is -0.118. The van der Waals surface area contributed by atoms with Gasteiger partial charge in [-0.1, -0.05) is 11.6 Å². The highest BCUT2D eigenvalue weighted by atomic mass is 35.5. The summed E-state index contributed by atoms with van der Waals surface area (Å²) in [7, 11) is 0. The number of fused-ring (bicyclic) bond motifs is 3. The Morgan fingerprint density at radius 3 is 2.95 bits per heavy atom. The van der Waals surface area contributed by atoms with Gasteiger partial charge in [0, 0.05) is 10.4 Å². The molecular formula is C11H8ClN5O2. The molecule has 8 heteroatoms. The van der Waals surface area contributed by atoms with E-state index in [4.69, 9.17) is 17.3 Å². The third kappa shape index (κ3) is 1.84. The van der Waals surface area contributed by atoms with Crippen molar-refractivity contribution in [1.29, 1.82) is 0 Å². The van der Waals surface area contributed by atoms with E-state index in [1.807, 2.05) is 0 Å². The van der Waals surface area contributed by atoms with Crippen molar-refractivity contribution in [2.75, 3.05) is 0 Å². The molecule has 0 saturated heterocycles. The van der Waals surface area contributed by atoms with Crippen LogP contribution in [-0.4, -0.2) is 25.1 Å². The zero-order valence-electron chi connectivity index (χ0n) is 9.58. The summed E-state index contributed by atoms with van der Waals surface area (Å²) in [5.74, 6) is -0.634. The van der Waals surface area contributed by atoms with Crippen molar-refractivity contribution in [3.8, 4) is 0 Å². The number of aromatic nitrogens is 4. The molecule has 0 aliphatic heterocycles. The first-order valence-corrected chi connectivity index (χ1v) is 5.76. The summed E-state index contributed by atoms with van der Waals surface area (Å²) >= 11 is 5.88. The maximum Gasteiger partial charge on any atom is 0.352 e. The predicted octanol–water partition coefficient (Wildman–Crippen LogP) is 0.183. The van der Waals surface area contributed by atoms with Gasteiger partial charge in [0.15, 0.2) is 5.65 Å². The molecule has 96 valence electrons. The van der Waals surface area contributed by atoms with Crippen molar-refractivity contribution in [3.05, 3.63) is 40.0 Å². The highest BCUT2D eigenvalue weighted by Gasteiger charge is 2.12. The molecule has 3 aromatic rings. The third-order valence-corrected chi connectivity index (χ3v) is 2.92. The molecule has 0 radical (unpaired) electrons. The Balaban J connectivity index is 2.36. The van der Waals surface area contributed by atoms with Gasteiger partial charge in [-0.2, -0.15) is 0 Å². The van der Waals surface area contributed by atoms with Crippen molar-refractivity contribution < 1.29 is 4.79 Å². The SMILES string of the molecule is NC(=O)Cn1nc2c3ccc(Cl)cc3ncn2c1=O. The van der Waals surface area contributed by atoms with Gasteiger partial charge >= 0.3 is 5.69 Å². The molecule has 0 aliphatic carbocycles. The van der Waals surface area contributed by atoms with Crippen LogP contribution in [0.25, 0.3) is 16.6 Å². The summed E-state index contributed by atoms with van der Waals surface area (Å²) < 4.78 is 2.27. The first-order chi connectivity index (χ1) is 9.06. The van der Waals surface area contributed by atoms with Gasteiger partial charge in [-0.25, -0.2) is 18.9 Å². The van der Waals surface area contributed by atoms with Gasteiger partial charge < -0.3 is 5.73 Å². The highest BCUT2D eigenvalue weighted by molar-refractivity contribution is 6.31. The van der Waals surface area contributed by atoms with Crippen molar-refractivity contribution in [2.24, 2.45) is 5.73 Å². The fourth-order valence-electron chi connectivity index (χ4n) is 1.88. The van der Waals surface area contributed by atoms with Crippen molar-refractivity contribution in [2.45, 2.75) is 6.54 Å². The van der Waals surface area contributed by atoms with Crippen LogP contribution < -0.4 is 11.4 Å². The van der Waals surface area contributed by atoms with Gasteiger partial charge in [0.2, 0.25) is 5.91 Å². The summed E-state index contributed by atoms with van der Waals surface area (Å²) in [5, 5.41) is 5.31. The number of hydrogen-bond acceptors (Lipinski definition) is 4. The smallest absolute Gasteiger partial charge is 0.352 e. The van der Waals surface area contributed by atoms with Crippen molar-refractivity contribution in [1.82, 2.24) is 19.2 Å². The maximum atomic E-state index is 12.0. The van der Waals surface area contributed by atoms with Crippen LogP contribution in [0.4, 0.5) is 0 Å². The molecule has 0 saturated carbocycles. The summed E-state index contributed by atoms with van der Waals surface area (Å²) in [4.78, 5) is 27.0. The van der Waals surface area contributed by atoms with Gasteiger partial charge in [-0.3, -0.25) is 4.79 Å². The molecule has 3 rings (SSSR count).